The summed E-state index contributed by atoms with van der Waals surface area (Å²) in [7, 11) is 1.66. The minimum atomic E-state index is -0.226. The van der Waals surface area contributed by atoms with Gasteiger partial charge in [-0.3, -0.25) is 4.79 Å². The lowest BCUT2D eigenvalue weighted by atomic mass is 10.3. The zero-order valence-corrected chi connectivity index (χ0v) is 14.2. The predicted molar refractivity (Wildman–Crippen MR) is 94.4 cm³/mol. The van der Waals surface area contributed by atoms with Crippen molar-refractivity contribution in [2.45, 2.75) is 0 Å². The third-order valence-electron chi connectivity index (χ3n) is 3.40. The van der Waals surface area contributed by atoms with Gasteiger partial charge >= 0.3 is 0 Å². The second-order valence-electron chi connectivity index (χ2n) is 5.15. The van der Waals surface area contributed by atoms with Crippen LogP contribution in [0.1, 0.15) is 10.6 Å². The molecule has 3 aromatic rings. The van der Waals surface area contributed by atoms with Crippen molar-refractivity contribution in [3.05, 3.63) is 42.2 Å². The number of thiazole rings is 1. The summed E-state index contributed by atoms with van der Waals surface area (Å²) in [6.07, 6.45) is 0. The fourth-order valence-electron chi connectivity index (χ4n) is 2.20. The quantitative estimate of drug-likeness (QED) is 0.614. The molecule has 126 valence electrons. The van der Waals surface area contributed by atoms with Crippen molar-refractivity contribution in [3.63, 3.8) is 0 Å². The number of ether oxygens (including phenoxy) is 1. The SMILES string of the molecule is COCCNCCNC(=O)c1ccc(-c2nc3ccccc3s2)o1. The summed E-state index contributed by atoms with van der Waals surface area (Å²) < 4.78 is 11.7. The highest BCUT2D eigenvalue weighted by Crippen LogP contribution is 2.30. The molecule has 0 radical (unpaired) electrons. The van der Waals surface area contributed by atoms with Gasteiger partial charge in [-0.05, 0) is 24.3 Å². The van der Waals surface area contributed by atoms with Crippen molar-refractivity contribution in [3.8, 4) is 10.8 Å². The van der Waals surface area contributed by atoms with Crippen LogP contribution in [0.5, 0.6) is 0 Å². The Morgan fingerprint density at radius 3 is 2.92 bits per heavy atom. The molecule has 0 atom stereocenters. The Bertz CT molecular complexity index is 779. The molecule has 1 aromatic carbocycles. The molecule has 0 aliphatic rings. The van der Waals surface area contributed by atoms with Crippen molar-refractivity contribution in [1.82, 2.24) is 15.6 Å². The van der Waals surface area contributed by atoms with Gasteiger partial charge in [0.1, 0.15) is 0 Å². The number of carbonyl (C=O) groups excluding carboxylic acids is 1. The number of amides is 1. The molecule has 0 aliphatic heterocycles. The first-order valence-corrected chi connectivity index (χ1v) is 8.53. The maximum absolute atomic E-state index is 12.1. The van der Waals surface area contributed by atoms with Crippen molar-refractivity contribution < 1.29 is 13.9 Å². The fourth-order valence-corrected chi connectivity index (χ4v) is 3.13. The topological polar surface area (TPSA) is 76.4 Å². The molecular formula is C17H19N3O3S. The lowest BCUT2D eigenvalue weighted by Crippen LogP contribution is -2.32. The molecule has 0 aliphatic carbocycles. The molecule has 7 heteroatoms. The average molecular weight is 345 g/mol. The van der Waals surface area contributed by atoms with E-state index in [1.807, 2.05) is 24.3 Å². The number of aromatic nitrogens is 1. The highest BCUT2D eigenvalue weighted by Gasteiger charge is 2.14. The minimum Gasteiger partial charge on any atom is -0.448 e. The number of para-hydroxylation sites is 1. The third-order valence-corrected chi connectivity index (χ3v) is 4.46. The van der Waals surface area contributed by atoms with Gasteiger partial charge in [-0.1, -0.05) is 12.1 Å². The summed E-state index contributed by atoms with van der Waals surface area (Å²) in [5.41, 5.74) is 0.932. The number of benzene rings is 1. The van der Waals surface area contributed by atoms with E-state index in [-0.39, 0.29) is 5.91 Å². The molecule has 3 rings (SSSR count). The fraction of sp³-hybridized carbons (Fsp3) is 0.294. The summed E-state index contributed by atoms with van der Waals surface area (Å²) >= 11 is 1.55. The van der Waals surface area contributed by atoms with Crippen LogP contribution in [0.15, 0.2) is 40.8 Å². The maximum Gasteiger partial charge on any atom is 0.287 e. The highest BCUT2D eigenvalue weighted by molar-refractivity contribution is 7.21. The van der Waals surface area contributed by atoms with Gasteiger partial charge in [0.05, 0.1) is 16.8 Å². The number of hydrogen-bond donors (Lipinski definition) is 2. The van der Waals surface area contributed by atoms with Gasteiger partial charge < -0.3 is 19.8 Å². The molecule has 2 aromatic heterocycles. The normalized spacial score (nSPS) is 11.0. The molecular weight excluding hydrogens is 326 g/mol. The van der Waals surface area contributed by atoms with E-state index in [9.17, 15) is 4.79 Å². The Morgan fingerprint density at radius 2 is 2.08 bits per heavy atom. The van der Waals surface area contributed by atoms with Crippen LogP contribution >= 0.6 is 11.3 Å². The number of nitrogens with zero attached hydrogens (tertiary/aromatic N) is 1. The number of furan rings is 1. The van der Waals surface area contributed by atoms with Crippen LogP contribution in [0.3, 0.4) is 0 Å². The molecule has 2 heterocycles. The second-order valence-corrected chi connectivity index (χ2v) is 6.18. The molecule has 0 spiro atoms. The van der Waals surface area contributed by atoms with E-state index < -0.39 is 0 Å². The lowest BCUT2D eigenvalue weighted by Gasteiger charge is -2.04. The summed E-state index contributed by atoms with van der Waals surface area (Å²) in [4.78, 5) is 16.6. The monoisotopic (exact) mass is 345 g/mol. The van der Waals surface area contributed by atoms with Crippen molar-refractivity contribution >= 4 is 27.5 Å². The number of rotatable bonds is 8. The molecule has 6 nitrogen and oxygen atoms in total. The summed E-state index contributed by atoms with van der Waals surface area (Å²) in [5.74, 6) is 0.677. The standard InChI is InChI=1S/C17H19N3O3S/c1-22-11-10-18-8-9-19-16(21)13-6-7-14(23-13)17-20-12-4-2-3-5-15(12)24-17/h2-7,18H,8-11H2,1H3,(H,19,21). The molecule has 0 saturated heterocycles. The van der Waals surface area contributed by atoms with Crippen LogP contribution in [0.25, 0.3) is 21.0 Å². The Hall–Kier alpha value is -2.22. The van der Waals surface area contributed by atoms with Gasteiger partial charge in [-0.15, -0.1) is 11.3 Å². The number of methoxy groups -OCH3 is 1. The smallest absolute Gasteiger partial charge is 0.287 e. The van der Waals surface area contributed by atoms with Crippen LogP contribution in [0, 0.1) is 0 Å². The van der Waals surface area contributed by atoms with Gasteiger partial charge in [0.25, 0.3) is 5.91 Å². The van der Waals surface area contributed by atoms with E-state index in [1.54, 1.807) is 30.6 Å². The van der Waals surface area contributed by atoms with Crippen molar-refractivity contribution in [2.24, 2.45) is 0 Å². The van der Waals surface area contributed by atoms with Gasteiger partial charge in [0.15, 0.2) is 16.5 Å². The first-order valence-electron chi connectivity index (χ1n) is 7.71. The molecule has 0 saturated carbocycles. The Balaban J connectivity index is 1.57. The highest BCUT2D eigenvalue weighted by atomic mass is 32.1. The second kappa shape index (κ2) is 8.05. The van der Waals surface area contributed by atoms with Gasteiger partial charge in [0, 0.05) is 26.7 Å². The first kappa shape index (κ1) is 16.6. The Kier molecular flexibility index (Phi) is 5.58. The Morgan fingerprint density at radius 1 is 1.21 bits per heavy atom. The average Bonchev–Trinajstić information content (AvgIpc) is 3.24. The molecule has 0 fully saturated rings. The molecule has 24 heavy (non-hydrogen) atoms. The molecule has 0 unspecified atom stereocenters. The van der Waals surface area contributed by atoms with Gasteiger partial charge in [-0.2, -0.15) is 0 Å². The number of carbonyl (C=O) groups is 1. The van der Waals surface area contributed by atoms with Crippen LogP contribution in [-0.2, 0) is 4.74 Å². The summed E-state index contributed by atoms with van der Waals surface area (Å²) in [6, 6.07) is 11.4. The predicted octanol–water partition coefficient (Wildman–Crippen LogP) is 2.52. The van der Waals surface area contributed by atoms with E-state index in [1.165, 1.54) is 0 Å². The third kappa shape index (κ3) is 4.00. The van der Waals surface area contributed by atoms with Gasteiger partial charge in [-0.25, -0.2) is 4.98 Å². The van der Waals surface area contributed by atoms with Crippen molar-refractivity contribution in [2.75, 3.05) is 33.4 Å². The van der Waals surface area contributed by atoms with Crippen LogP contribution in [0.2, 0.25) is 0 Å². The van der Waals surface area contributed by atoms with E-state index >= 15 is 0 Å². The Labute approximate surface area is 143 Å². The molecule has 0 bridgehead atoms. The molecule has 2 N–H and O–H groups in total. The van der Waals surface area contributed by atoms with Crippen LogP contribution in [0.4, 0.5) is 0 Å². The number of nitrogens with one attached hydrogen (secondary N) is 2. The van der Waals surface area contributed by atoms with E-state index in [0.717, 1.165) is 21.8 Å². The zero-order chi connectivity index (χ0) is 16.8. The van der Waals surface area contributed by atoms with E-state index in [0.29, 0.717) is 31.2 Å². The summed E-state index contributed by atoms with van der Waals surface area (Å²) in [5, 5.41) is 6.75. The number of hydrogen-bond acceptors (Lipinski definition) is 6. The minimum absolute atomic E-state index is 0.226. The van der Waals surface area contributed by atoms with Crippen LogP contribution in [-0.4, -0.2) is 44.2 Å². The zero-order valence-electron chi connectivity index (χ0n) is 13.4. The summed E-state index contributed by atoms with van der Waals surface area (Å²) in [6.45, 7) is 2.62. The largest absolute Gasteiger partial charge is 0.448 e. The van der Waals surface area contributed by atoms with E-state index in [2.05, 4.69) is 15.6 Å². The first-order chi connectivity index (χ1) is 11.8. The lowest BCUT2D eigenvalue weighted by molar-refractivity contribution is 0.0927. The molecule has 1 amide bonds. The van der Waals surface area contributed by atoms with Crippen LogP contribution < -0.4 is 10.6 Å². The van der Waals surface area contributed by atoms with Gasteiger partial charge in [0.2, 0.25) is 0 Å². The maximum atomic E-state index is 12.1. The van der Waals surface area contributed by atoms with E-state index in [4.69, 9.17) is 9.15 Å². The number of fused-ring (bicyclic) bond motifs is 1. The van der Waals surface area contributed by atoms with Crippen molar-refractivity contribution in [1.29, 1.82) is 0 Å².